The molecule has 0 aliphatic rings. The fourth-order valence-corrected chi connectivity index (χ4v) is 1.69. The highest BCUT2D eigenvalue weighted by atomic mass is 32.1. The Balaban J connectivity index is 2.21. The third-order valence-electron chi connectivity index (χ3n) is 2.24. The molecule has 0 amide bonds. The van der Waals surface area contributed by atoms with Crippen molar-refractivity contribution in [3.05, 3.63) is 24.2 Å². The lowest BCUT2D eigenvalue weighted by Crippen LogP contribution is -1.88. The average molecular weight is 232 g/mol. The molecule has 0 bridgehead atoms. The van der Waals surface area contributed by atoms with Crippen molar-refractivity contribution in [1.82, 2.24) is 29.8 Å². The summed E-state index contributed by atoms with van der Waals surface area (Å²) in [7, 11) is 0. The highest BCUT2D eigenvalue weighted by Gasteiger charge is 2.07. The van der Waals surface area contributed by atoms with E-state index < -0.39 is 0 Å². The molecular formula is C9H8N6S. The highest BCUT2D eigenvalue weighted by Crippen LogP contribution is 2.17. The van der Waals surface area contributed by atoms with Crippen LogP contribution in [0.1, 0.15) is 5.82 Å². The summed E-state index contributed by atoms with van der Waals surface area (Å²) < 4.78 is 1.78. The van der Waals surface area contributed by atoms with Crippen molar-refractivity contribution in [1.29, 1.82) is 0 Å². The fourth-order valence-electron chi connectivity index (χ4n) is 1.48. The molecule has 7 heteroatoms. The Morgan fingerprint density at radius 3 is 2.94 bits per heavy atom. The van der Waals surface area contributed by atoms with Gasteiger partial charge >= 0.3 is 0 Å². The molecule has 0 atom stereocenters. The number of fused-ring (bicyclic) bond motifs is 1. The molecule has 0 aromatic carbocycles. The van der Waals surface area contributed by atoms with Gasteiger partial charge in [0.05, 0.1) is 0 Å². The van der Waals surface area contributed by atoms with E-state index in [0.717, 1.165) is 17.0 Å². The molecule has 3 aromatic heterocycles. The van der Waals surface area contributed by atoms with E-state index in [1.807, 2.05) is 25.3 Å². The van der Waals surface area contributed by atoms with Crippen LogP contribution in [0, 0.1) is 6.92 Å². The summed E-state index contributed by atoms with van der Waals surface area (Å²) in [5.41, 5.74) is 1.65. The lowest BCUT2D eigenvalue weighted by molar-refractivity contribution is 0.928. The fraction of sp³-hybridized carbons (Fsp3) is 0.111. The van der Waals surface area contributed by atoms with Gasteiger partial charge in [0.1, 0.15) is 5.82 Å². The summed E-state index contributed by atoms with van der Waals surface area (Å²) in [6, 6.07) is 3.76. The minimum atomic E-state index is 0.545. The number of pyridine rings is 1. The van der Waals surface area contributed by atoms with Gasteiger partial charge in [-0.3, -0.25) is 9.50 Å². The van der Waals surface area contributed by atoms with Crippen LogP contribution in [0.2, 0.25) is 0 Å². The number of thiol groups is 1. The average Bonchev–Trinajstić information content (AvgIpc) is 2.86. The molecule has 80 valence electrons. The van der Waals surface area contributed by atoms with Crippen LogP contribution in [0.5, 0.6) is 0 Å². The van der Waals surface area contributed by atoms with Gasteiger partial charge in [-0.25, -0.2) is 4.98 Å². The SMILES string of the molecule is Cc1nc(-c2ccc3nnc(S)n3c2)n[nH]1. The highest BCUT2D eigenvalue weighted by molar-refractivity contribution is 7.80. The number of hydrogen-bond acceptors (Lipinski definition) is 5. The minimum absolute atomic E-state index is 0.545. The largest absolute Gasteiger partial charge is 0.277 e. The quantitative estimate of drug-likeness (QED) is 0.616. The number of nitrogens with zero attached hydrogens (tertiary/aromatic N) is 5. The number of H-pyrrole nitrogens is 1. The maximum Gasteiger partial charge on any atom is 0.192 e. The van der Waals surface area contributed by atoms with Gasteiger partial charge in [0.15, 0.2) is 16.6 Å². The summed E-state index contributed by atoms with van der Waals surface area (Å²) in [6.07, 6.45) is 1.86. The van der Waals surface area contributed by atoms with Gasteiger partial charge in [-0.1, -0.05) is 0 Å². The molecular weight excluding hydrogens is 224 g/mol. The lowest BCUT2D eigenvalue weighted by atomic mass is 10.3. The van der Waals surface area contributed by atoms with Gasteiger partial charge in [0, 0.05) is 11.8 Å². The first-order valence-electron chi connectivity index (χ1n) is 4.67. The van der Waals surface area contributed by atoms with Crippen LogP contribution in [-0.2, 0) is 0 Å². The predicted molar refractivity (Wildman–Crippen MR) is 60.4 cm³/mol. The molecule has 6 nitrogen and oxygen atoms in total. The van der Waals surface area contributed by atoms with Crippen LogP contribution in [0.15, 0.2) is 23.5 Å². The van der Waals surface area contributed by atoms with Gasteiger partial charge in [-0.15, -0.1) is 22.8 Å². The second kappa shape index (κ2) is 3.31. The van der Waals surface area contributed by atoms with Crippen LogP contribution in [0.25, 0.3) is 17.0 Å². The number of nitrogens with one attached hydrogen (secondary N) is 1. The second-order valence-corrected chi connectivity index (χ2v) is 3.79. The molecule has 1 N–H and O–H groups in total. The van der Waals surface area contributed by atoms with Gasteiger partial charge in [0.2, 0.25) is 0 Å². The molecule has 3 aromatic rings. The van der Waals surface area contributed by atoms with Crippen LogP contribution in [0.3, 0.4) is 0 Å². The minimum Gasteiger partial charge on any atom is -0.277 e. The maximum absolute atomic E-state index is 4.26. The Labute approximate surface area is 96.2 Å². The van der Waals surface area contributed by atoms with Gasteiger partial charge in [0.25, 0.3) is 0 Å². The molecule has 3 heterocycles. The van der Waals surface area contributed by atoms with E-state index in [9.17, 15) is 0 Å². The molecule has 0 radical (unpaired) electrons. The van der Waals surface area contributed by atoms with E-state index in [-0.39, 0.29) is 0 Å². The third kappa shape index (κ3) is 1.36. The number of hydrogen-bond donors (Lipinski definition) is 2. The Morgan fingerprint density at radius 2 is 2.19 bits per heavy atom. The van der Waals surface area contributed by atoms with E-state index in [1.165, 1.54) is 0 Å². The molecule has 0 aliphatic carbocycles. The Morgan fingerprint density at radius 1 is 1.31 bits per heavy atom. The van der Waals surface area contributed by atoms with Crippen molar-refractivity contribution in [3.63, 3.8) is 0 Å². The van der Waals surface area contributed by atoms with E-state index >= 15 is 0 Å². The first-order valence-corrected chi connectivity index (χ1v) is 5.12. The Hall–Kier alpha value is -1.89. The van der Waals surface area contributed by atoms with Gasteiger partial charge < -0.3 is 0 Å². The first kappa shape index (κ1) is 9.34. The van der Waals surface area contributed by atoms with E-state index in [2.05, 4.69) is 38.0 Å². The maximum atomic E-state index is 4.26. The van der Waals surface area contributed by atoms with Gasteiger partial charge in [-0.2, -0.15) is 5.10 Å². The summed E-state index contributed by atoms with van der Waals surface area (Å²) in [5.74, 6) is 1.44. The smallest absolute Gasteiger partial charge is 0.192 e. The first-order chi connectivity index (χ1) is 7.74. The van der Waals surface area contributed by atoms with Crippen LogP contribution in [0.4, 0.5) is 0 Å². The van der Waals surface area contributed by atoms with E-state index in [1.54, 1.807) is 4.40 Å². The van der Waals surface area contributed by atoms with Crippen molar-refractivity contribution < 1.29 is 0 Å². The molecule has 0 unspecified atom stereocenters. The summed E-state index contributed by atoms with van der Waals surface area (Å²) >= 11 is 4.21. The molecule has 0 saturated heterocycles. The molecule has 0 saturated carbocycles. The van der Waals surface area contributed by atoms with Crippen LogP contribution < -0.4 is 0 Å². The number of rotatable bonds is 1. The lowest BCUT2D eigenvalue weighted by Gasteiger charge is -1.97. The van der Waals surface area contributed by atoms with Gasteiger partial charge in [-0.05, 0) is 19.1 Å². The van der Waals surface area contributed by atoms with Crippen molar-refractivity contribution >= 4 is 18.3 Å². The standard InChI is InChI=1S/C9H8N6S/c1-5-10-8(13-11-5)6-2-3-7-12-14-9(16)15(7)4-6/h2-4H,1H3,(H,14,16)(H,10,11,13). The number of aryl methyl sites for hydroxylation is 1. The van der Waals surface area contributed by atoms with Crippen LogP contribution in [-0.4, -0.2) is 29.8 Å². The topological polar surface area (TPSA) is 71.8 Å². The van der Waals surface area contributed by atoms with E-state index in [4.69, 9.17) is 0 Å². The molecule has 0 fully saturated rings. The summed E-state index contributed by atoms with van der Waals surface area (Å²) in [6.45, 7) is 1.86. The Kier molecular flexibility index (Phi) is 1.93. The second-order valence-electron chi connectivity index (χ2n) is 3.39. The van der Waals surface area contributed by atoms with Crippen molar-refractivity contribution in [3.8, 4) is 11.4 Å². The zero-order valence-corrected chi connectivity index (χ0v) is 9.31. The Bertz CT molecular complexity index is 655. The molecule has 16 heavy (non-hydrogen) atoms. The van der Waals surface area contributed by atoms with Crippen LogP contribution >= 0.6 is 12.6 Å². The monoisotopic (exact) mass is 232 g/mol. The predicted octanol–water partition coefficient (Wildman–Crippen LogP) is 1.11. The summed E-state index contributed by atoms with van der Waals surface area (Å²) in [5, 5.41) is 15.3. The zero-order valence-electron chi connectivity index (χ0n) is 8.42. The normalized spacial score (nSPS) is 11.1. The molecule has 3 rings (SSSR count). The molecule has 0 aliphatic heterocycles. The van der Waals surface area contributed by atoms with Crippen molar-refractivity contribution in [2.24, 2.45) is 0 Å². The molecule has 0 spiro atoms. The third-order valence-corrected chi connectivity index (χ3v) is 2.54. The summed E-state index contributed by atoms with van der Waals surface area (Å²) in [4.78, 5) is 4.26. The zero-order chi connectivity index (χ0) is 11.1. The number of aromatic amines is 1. The van der Waals surface area contributed by atoms with E-state index in [0.29, 0.717) is 11.0 Å². The van der Waals surface area contributed by atoms with Crippen molar-refractivity contribution in [2.45, 2.75) is 12.1 Å². The van der Waals surface area contributed by atoms with Crippen molar-refractivity contribution in [2.75, 3.05) is 0 Å². The number of aromatic nitrogens is 6.